The molecule has 1 rings (SSSR count). The molecule has 126 valence electrons. The summed E-state index contributed by atoms with van der Waals surface area (Å²) in [5, 5.41) is 0. The lowest BCUT2D eigenvalue weighted by atomic mass is 9.81. The van der Waals surface area contributed by atoms with Crippen LogP contribution in [0.5, 0.6) is 0 Å². The molecule has 0 aromatic heterocycles. The number of benzene rings is 1. The van der Waals surface area contributed by atoms with Gasteiger partial charge in [0.15, 0.2) is 11.6 Å². The molecule has 0 fully saturated rings. The molecular formula is C21H30O2. The normalized spacial score (nSPS) is 11.4. The molecule has 2 heteroatoms. The lowest BCUT2D eigenvalue weighted by Crippen LogP contribution is -2.17. The van der Waals surface area contributed by atoms with Crippen molar-refractivity contribution in [3.8, 4) is 0 Å². The highest BCUT2D eigenvalue weighted by Gasteiger charge is 2.25. The van der Waals surface area contributed by atoms with Crippen LogP contribution in [0.15, 0.2) is 24.3 Å². The summed E-state index contributed by atoms with van der Waals surface area (Å²) in [5.41, 5.74) is 4.08. The van der Waals surface area contributed by atoms with E-state index >= 15 is 0 Å². The Morgan fingerprint density at radius 2 is 1.35 bits per heavy atom. The third-order valence-corrected chi connectivity index (χ3v) is 4.29. The summed E-state index contributed by atoms with van der Waals surface area (Å²) in [7, 11) is 0. The van der Waals surface area contributed by atoms with Gasteiger partial charge in [0.1, 0.15) is 0 Å². The number of hydrogen-bond acceptors (Lipinski definition) is 2. The largest absolute Gasteiger partial charge is 0.294 e. The Labute approximate surface area is 141 Å². The minimum absolute atomic E-state index is 0.105. The van der Waals surface area contributed by atoms with Crippen molar-refractivity contribution in [3.05, 3.63) is 46.5 Å². The fourth-order valence-electron chi connectivity index (χ4n) is 2.71. The lowest BCUT2D eigenvalue weighted by Gasteiger charge is -2.22. The third-order valence-electron chi connectivity index (χ3n) is 4.29. The van der Waals surface area contributed by atoms with E-state index in [0.717, 1.165) is 11.1 Å². The molecule has 0 spiro atoms. The smallest absolute Gasteiger partial charge is 0.196 e. The minimum Gasteiger partial charge on any atom is -0.294 e. The molecule has 0 unspecified atom stereocenters. The predicted molar refractivity (Wildman–Crippen MR) is 97.5 cm³/mol. The second-order valence-corrected chi connectivity index (χ2v) is 7.12. The highest BCUT2D eigenvalue weighted by atomic mass is 16.1. The molecule has 0 atom stereocenters. The highest BCUT2D eigenvalue weighted by Crippen LogP contribution is 2.33. The Balaban J connectivity index is 3.64. The summed E-state index contributed by atoms with van der Waals surface area (Å²) in [6.07, 6.45) is 0.308. The van der Waals surface area contributed by atoms with Gasteiger partial charge in [0, 0.05) is 12.0 Å². The van der Waals surface area contributed by atoms with Gasteiger partial charge < -0.3 is 0 Å². The molecule has 2 nitrogen and oxygen atoms in total. The van der Waals surface area contributed by atoms with Gasteiger partial charge in [0.05, 0.1) is 5.57 Å². The van der Waals surface area contributed by atoms with E-state index in [4.69, 9.17) is 0 Å². The van der Waals surface area contributed by atoms with Crippen molar-refractivity contribution in [1.29, 1.82) is 0 Å². The Morgan fingerprint density at radius 1 is 0.913 bits per heavy atom. The van der Waals surface area contributed by atoms with E-state index < -0.39 is 0 Å². The Kier molecular flexibility index (Phi) is 6.49. The average Bonchev–Trinajstić information content (AvgIpc) is 2.50. The van der Waals surface area contributed by atoms with Gasteiger partial charge in [-0.1, -0.05) is 67.2 Å². The monoisotopic (exact) mass is 314 g/mol. The molecule has 23 heavy (non-hydrogen) atoms. The summed E-state index contributed by atoms with van der Waals surface area (Å²) in [6.45, 7) is 18.2. The maximum absolute atomic E-state index is 13.0. The van der Waals surface area contributed by atoms with Crippen LogP contribution >= 0.6 is 0 Å². The van der Waals surface area contributed by atoms with Crippen LogP contribution in [0.3, 0.4) is 0 Å². The summed E-state index contributed by atoms with van der Waals surface area (Å²) in [6, 6.07) is 4.25. The summed E-state index contributed by atoms with van der Waals surface area (Å²) in [4.78, 5) is 24.9. The van der Waals surface area contributed by atoms with Crippen LogP contribution in [-0.4, -0.2) is 11.6 Å². The van der Waals surface area contributed by atoms with Gasteiger partial charge in [-0.2, -0.15) is 0 Å². The molecule has 1 aromatic carbocycles. The maximum atomic E-state index is 13.0. The first-order chi connectivity index (χ1) is 10.6. The van der Waals surface area contributed by atoms with Gasteiger partial charge in [0.25, 0.3) is 0 Å². The quantitative estimate of drug-likeness (QED) is 0.277. The van der Waals surface area contributed by atoms with Gasteiger partial charge >= 0.3 is 0 Å². The summed E-state index contributed by atoms with van der Waals surface area (Å²) < 4.78 is 0. The topological polar surface area (TPSA) is 34.1 Å². The fraction of sp³-hybridized carbons (Fsp3) is 0.524. The Morgan fingerprint density at radius 3 is 1.65 bits per heavy atom. The average molecular weight is 314 g/mol. The molecule has 0 saturated carbocycles. The molecule has 0 aliphatic carbocycles. The van der Waals surface area contributed by atoms with Crippen LogP contribution < -0.4 is 0 Å². The first kappa shape index (κ1) is 19.3. The van der Waals surface area contributed by atoms with Crippen LogP contribution in [0.2, 0.25) is 0 Å². The summed E-state index contributed by atoms with van der Waals surface area (Å²) >= 11 is 0. The van der Waals surface area contributed by atoms with Gasteiger partial charge in [-0.15, -0.1) is 0 Å². The molecule has 0 N–H and O–H groups in total. The lowest BCUT2D eigenvalue weighted by molar-refractivity contribution is -0.114. The number of ketones is 2. The van der Waals surface area contributed by atoms with Crippen molar-refractivity contribution in [2.75, 3.05) is 0 Å². The van der Waals surface area contributed by atoms with E-state index in [2.05, 4.69) is 60.3 Å². The van der Waals surface area contributed by atoms with Crippen molar-refractivity contribution in [3.63, 3.8) is 0 Å². The molecule has 0 saturated heterocycles. The molecule has 0 amide bonds. The van der Waals surface area contributed by atoms with Crippen LogP contribution in [-0.2, 0) is 4.79 Å². The first-order valence-electron chi connectivity index (χ1n) is 8.56. The van der Waals surface area contributed by atoms with Crippen molar-refractivity contribution in [2.24, 2.45) is 0 Å². The number of allylic oxidation sites excluding steroid dienone is 1. The zero-order valence-corrected chi connectivity index (χ0v) is 15.6. The van der Waals surface area contributed by atoms with E-state index in [1.807, 2.05) is 0 Å². The molecule has 1 aromatic rings. The molecule has 0 aliphatic rings. The zero-order chi connectivity index (χ0) is 17.9. The van der Waals surface area contributed by atoms with E-state index in [1.165, 1.54) is 5.56 Å². The van der Waals surface area contributed by atoms with E-state index in [-0.39, 0.29) is 29.0 Å². The van der Waals surface area contributed by atoms with Crippen molar-refractivity contribution < 1.29 is 9.59 Å². The van der Waals surface area contributed by atoms with Crippen LogP contribution in [0.1, 0.15) is 99.7 Å². The van der Waals surface area contributed by atoms with Crippen molar-refractivity contribution in [2.45, 2.75) is 72.6 Å². The maximum Gasteiger partial charge on any atom is 0.196 e. The van der Waals surface area contributed by atoms with E-state index in [1.54, 1.807) is 6.92 Å². The van der Waals surface area contributed by atoms with Gasteiger partial charge in [-0.3, -0.25) is 9.59 Å². The fourth-order valence-corrected chi connectivity index (χ4v) is 2.71. The molecule has 0 aliphatic heterocycles. The number of carbonyl (C=O) groups is 2. The first-order valence-corrected chi connectivity index (χ1v) is 8.56. The number of carbonyl (C=O) groups excluding carboxylic acids is 2. The Hall–Kier alpha value is -1.70. The molecule has 0 radical (unpaired) electrons. The zero-order valence-electron chi connectivity index (χ0n) is 15.6. The Bertz CT molecular complexity index is 590. The predicted octanol–water partition coefficient (Wildman–Crippen LogP) is 5.77. The molecular weight excluding hydrogens is 284 g/mol. The minimum atomic E-state index is -0.209. The van der Waals surface area contributed by atoms with E-state index in [0.29, 0.717) is 17.9 Å². The highest BCUT2D eigenvalue weighted by molar-refractivity contribution is 6.26. The third kappa shape index (κ3) is 4.19. The standard InChI is InChI=1S/C21H30O2/c1-9-19(22)15(8)21(23)20-17(13(4)5)10-16(12(2)3)11-18(20)14(6)7/h10-14H,8-9H2,1-7H3. The van der Waals surface area contributed by atoms with Gasteiger partial charge in [-0.05, 0) is 34.4 Å². The van der Waals surface area contributed by atoms with Crippen LogP contribution in [0, 0.1) is 0 Å². The summed E-state index contributed by atoms with van der Waals surface area (Å²) in [5.74, 6) is 0.450. The van der Waals surface area contributed by atoms with E-state index in [9.17, 15) is 9.59 Å². The molecule has 0 bridgehead atoms. The SMILES string of the molecule is C=C(C(=O)CC)C(=O)c1c(C(C)C)cc(C(C)C)cc1C(C)C. The van der Waals surface area contributed by atoms with Gasteiger partial charge in [0.2, 0.25) is 0 Å². The van der Waals surface area contributed by atoms with Gasteiger partial charge in [-0.25, -0.2) is 0 Å². The van der Waals surface area contributed by atoms with Crippen molar-refractivity contribution >= 4 is 11.6 Å². The number of hydrogen-bond donors (Lipinski definition) is 0. The number of Topliss-reactive ketones (excluding diaryl/α,β-unsaturated/α-hetero) is 2. The number of rotatable bonds is 7. The van der Waals surface area contributed by atoms with Crippen LogP contribution in [0.4, 0.5) is 0 Å². The second kappa shape index (κ2) is 7.72. The molecule has 0 heterocycles. The van der Waals surface area contributed by atoms with Crippen molar-refractivity contribution in [1.82, 2.24) is 0 Å². The second-order valence-electron chi connectivity index (χ2n) is 7.12. The van der Waals surface area contributed by atoms with Crippen LogP contribution in [0.25, 0.3) is 0 Å².